The molecule has 6 heteroatoms. The summed E-state index contributed by atoms with van der Waals surface area (Å²) in [5.41, 5.74) is 1.20. The van der Waals surface area contributed by atoms with E-state index >= 15 is 0 Å². The molecule has 1 heterocycles. The Morgan fingerprint density at radius 1 is 1.07 bits per heavy atom. The predicted molar refractivity (Wildman–Crippen MR) is 110 cm³/mol. The second-order valence-corrected chi connectivity index (χ2v) is 7.94. The molecule has 29 heavy (non-hydrogen) atoms. The van der Waals surface area contributed by atoms with Gasteiger partial charge in [0.15, 0.2) is 0 Å². The molecule has 0 spiro atoms. The van der Waals surface area contributed by atoms with E-state index in [-0.39, 0.29) is 24.3 Å². The molecular weight excluding hydrogens is 388 g/mol. The Morgan fingerprint density at radius 3 is 2.41 bits per heavy atom. The standard InChI is InChI=1S/C23H21ClN2O3/c1-15-6-5-9-19-20(15)23(29)26(22(19)28)25(14-16-7-3-2-4-8-16)21(27)17-10-12-18(24)13-11-17/h2-8,10-13,15,19-20H,9,14H2,1H3/t15-,19-,20+/m1/s1. The number of nitrogens with zero attached hydrogens (tertiary/aromatic N) is 2. The van der Waals surface area contributed by atoms with Crippen molar-refractivity contribution in [2.45, 2.75) is 19.9 Å². The van der Waals surface area contributed by atoms with Crippen LogP contribution in [0, 0.1) is 17.8 Å². The topological polar surface area (TPSA) is 57.7 Å². The van der Waals surface area contributed by atoms with Gasteiger partial charge in [0.25, 0.3) is 17.7 Å². The summed E-state index contributed by atoms with van der Waals surface area (Å²) >= 11 is 5.95. The molecule has 0 radical (unpaired) electrons. The lowest BCUT2D eigenvalue weighted by atomic mass is 9.78. The number of imide groups is 1. The number of benzene rings is 2. The zero-order valence-corrected chi connectivity index (χ0v) is 16.8. The van der Waals surface area contributed by atoms with Crippen molar-refractivity contribution in [3.8, 4) is 0 Å². The summed E-state index contributed by atoms with van der Waals surface area (Å²) in [4.78, 5) is 39.8. The first-order valence-electron chi connectivity index (χ1n) is 9.63. The van der Waals surface area contributed by atoms with Crippen LogP contribution in [0.25, 0.3) is 0 Å². The number of rotatable bonds is 4. The van der Waals surface area contributed by atoms with Crippen molar-refractivity contribution in [1.82, 2.24) is 10.0 Å². The smallest absolute Gasteiger partial charge is 0.272 e. The first-order chi connectivity index (χ1) is 14.0. The third-order valence-corrected chi connectivity index (χ3v) is 5.84. The summed E-state index contributed by atoms with van der Waals surface area (Å²) in [7, 11) is 0. The van der Waals surface area contributed by atoms with Gasteiger partial charge in [-0.3, -0.25) is 14.4 Å². The monoisotopic (exact) mass is 408 g/mol. The lowest BCUT2D eigenvalue weighted by molar-refractivity contribution is -0.155. The van der Waals surface area contributed by atoms with Crippen LogP contribution in [-0.4, -0.2) is 27.7 Å². The van der Waals surface area contributed by atoms with Crippen LogP contribution in [0.15, 0.2) is 66.7 Å². The fourth-order valence-corrected chi connectivity index (χ4v) is 4.23. The van der Waals surface area contributed by atoms with Gasteiger partial charge in [0.1, 0.15) is 0 Å². The van der Waals surface area contributed by atoms with Gasteiger partial charge in [-0.2, -0.15) is 5.01 Å². The van der Waals surface area contributed by atoms with Crippen LogP contribution in [-0.2, 0) is 16.1 Å². The zero-order valence-electron chi connectivity index (χ0n) is 16.0. The Balaban J connectivity index is 1.72. The average molecular weight is 409 g/mol. The minimum Gasteiger partial charge on any atom is -0.272 e. The maximum absolute atomic E-state index is 13.3. The van der Waals surface area contributed by atoms with Gasteiger partial charge in [0.2, 0.25) is 0 Å². The van der Waals surface area contributed by atoms with Gasteiger partial charge in [0, 0.05) is 10.6 Å². The number of amides is 3. The normalized spacial score (nSPS) is 23.2. The summed E-state index contributed by atoms with van der Waals surface area (Å²) in [5.74, 6) is -1.92. The van der Waals surface area contributed by atoms with E-state index in [2.05, 4.69) is 0 Å². The quantitative estimate of drug-likeness (QED) is 0.565. The van der Waals surface area contributed by atoms with Crippen LogP contribution in [0.4, 0.5) is 0 Å². The van der Waals surface area contributed by atoms with Gasteiger partial charge in [-0.15, -0.1) is 0 Å². The van der Waals surface area contributed by atoms with Crippen LogP contribution < -0.4 is 0 Å². The Labute approximate surface area is 174 Å². The number of hydrogen-bond acceptors (Lipinski definition) is 3. The molecule has 1 saturated heterocycles. The number of fused-ring (bicyclic) bond motifs is 1. The lowest BCUT2D eigenvalue weighted by Crippen LogP contribution is -2.50. The predicted octanol–water partition coefficient (Wildman–Crippen LogP) is 4.09. The third kappa shape index (κ3) is 3.58. The molecule has 4 rings (SSSR count). The summed E-state index contributed by atoms with van der Waals surface area (Å²) < 4.78 is 0. The van der Waals surface area contributed by atoms with Gasteiger partial charge in [-0.25, -0.2) is 5.01 Å². The van der Waals surface area contributed by atoms with E-state index in [1.54, 1.807) is 24.3 Å². The second kappa shape index (κ2) is 7.84. The highest BCUT2D eigenvalue weighted by molar-refractivity contribution is 6.30. The highest BCUT2D eigenvalue weighted by atomic mass is 35.5. The van der Waals surface area contributed by atoms with Crippen LogP contribution in [0.5, 0.6) is 0 Å². The molecule has 0 saturated carbocycles. The number of carbonyl (C=O) groups excluding carboxylic acids is 3. The Kier molecular flexibility index (Phi) is 5.24. The SMILES string of the molecule is C[C@@H]1C=CC[C@H]2C(=O)N(N(Cc3ccccc3)C(=O)c3ccc(Cl)cc3)C(=O)[C@@H]12. The molecule has 5 nitrogen and oxygen atoms in total. The number of carbonyl (C=O) groups is 3. The molecule has 1 fully saturated rings. The van der Waals surface area contributed by atoms with Gasteiger partial charge in [-0.1, -0.05) is 61.0 Å². The summed E-state index contributed by atoms with van der Waals surface area (Å²) in [5, 5.41) is 2.85. The fraction of sp³-hybridized carbons (Fsp3) is 0.261. The second-order valence-electron chi connectivity index (χ2n) is 7.50. The highest BCUT2D eigenvalue weighted by Crippen LogP contribution is 2.39. The number of hydrogen-bond donors (Lipinski definition) is 0. The first kappa shape index (κ1) is 19.4. The molecule has 3 amide bonds. The minimum atomic E-state index is -0.427. The van der Waals surface area contributed by atoms with Crippen LogP contribution in [0.2, 0.25) is 5.02 Å². The van der Waals surface area contributed by atoms with Crippen LogP contribution in [0.1, 0.15) is 29.3 Å². The first-order valence-corrected chi connectivity index (χ1v) is 10.0. The van der Waals surface area contributed by atoms with Crippen molar-refractivity contribution in [1.29, 1.82) is 0 Å². The van der Waals surface area contributed by atoms with Crippen molar-refractivity contribution >= 4 is 29.3 Å². The maximum atomic E-state index is 13.3. The number of halogens is 1. The van der Waals surface area contributed by atoms with Gasteiger partial charge < -0.3 is 0 Å². The summed E-state index contributed by atoms with van der Waals surface area (Å²) in [6.07, 6.45) is 4.44. The molecule has 0 bridgehead atoms. The zero-order chi connectivity index (χ0) is 20.5. The molecule has 2 aromatic carbocycles. The minimum absolute atomic E-state index is 0.0422. The van der Waals surface area contributed by atoms with Crippen molar-refractivity contribution in [3.63, 3.8) is 0 Å². The van der Waals surface area contributed by atoms with E-state index in [4.69, 9.17) is 11.6 Å². The molecule has 0 N–H and O–H groups in total. The average Bonchev–Trinajstić information content (AvgIpc) is 2.98. The lowest BCUT2D eigenvalue weighted by Gasteiger charge is -2.31. The molecule has 0 unspecified atom stereocenters. The Bertz CT molecular complexity index is 971. The van der Waals surface area contributed by atoms with Gasteiger partial charge in [-0.05, 0) is 42.2 Å². The molecule has 1 aliphatic heterocycles. The maximum Gasteiger partial charge on any atom is 0.273 e. The van der Waals surface area contributed by atoms with Crippen molar-refractivity contribution in [2.75, 3.05) is 0 Å². The summed E-state index contributed by atoms with van der Waals surface area (Å²) in [6.45, 7) is 2.06. The Hall–Kier alpha value is -2.92. The molecular formula is C23H21ClN2O3. The number of allylic oxidation sites excluding steroid dienone is 2. The summed E-state index contributed by atoms with van der Waals surface area (Å²) in [6, 6.07) is 15.8. The van der Waals surface area contributed by atoms with E-state index in [0.29, 0.717) is 17.0 Å². The Morgan fingerprint density at radius 2 is 1.76 bits per heavy atom. The third-order valence-electron chi connectivity index (χ3n) is 5.59. The number of hydrazine groups is 1. The van der Waals surface area contributed by atoms with Gasteiger partial charge in [0.05, 0.1) is 18.4 Å². The van der Waals surface area contributed by atoms with Crippen molar-refractivity contribution < 1.29 is 14.4 Å². The van der Waals surface area contributed by atoms with E-state index in [0.717, 1.165) is 10.6 Å². The molecule has 3 atom stereocenters. The highest BCUT2D eigenvalue weighted by Gasteiger charge is 2.53. The van der Waals surface area contributed by atoms with E-state index < -0.39 is 17.7 Å². The van der Waals surface area contributed by atoms with Crippen molar-refractivity contribution in [3.05, 3.63) is 82.9 Å². The van der Waals surface area contributed by atoms with Crippen LogP contribution in [0.3, 0.4) is 0 Å². The fourth-order valence-electron chi connectivity index (χ4n) is 4.10. The molecule has 0 aromatic heterocycles. The van der Waals surface area contributed by atoms with E-state index in [1.165, 1.54) is 5.01 Å². The van der Waals surface area contributed by atoms with E-state index in [1.807, 2.05) is 49.4 Å². The molecule has 1 aliphatic carbocycles. The molecule has 148 valence electrons. The molecule has 2 aliphatic rings. The van der Waals surface area contributed by atoms with Gasteiger partial charge >= 0.3 is 0 Å². The van der Waals surface area contributed by atoms with E-state index in [9.17, 15) is 14.4 Å². The van der Waals surface area contributed by atoms with Crippen molar-refractivity contribution in [2.24, 2.45) is 17.8 Å². The largest absolute Gasteiger partial charge is 0.273 e. The molecule has 2 aromatic rings. The van der Waals surface area contributed by atoms with Crippen LogP contribution >= 0.6 is 11.6 Å².